The normalized spacial score (nSPS) is 30.1. The number of rotatable bonds is 6. The first kappa shape index (κ1) is 23.7. The fourth-order valence-electron chi connectivity index (χ4n) is 8.50. The maximum atomic E-state index is 6.46. The highest BCUT2D eigenvalue weighted by molar-refractivity contribution is 5.41. The highest BCUT2D eigenvalue weighted by Gasteiger charge is 2.63. The molecule has 2 aromatic rings. The van der Waals surface area contributed by atoms with Crippen LogP contribution in [-0.4, -0.2) is 19.5 Å². The Morgan fingerprint density at radius 2 is 1.17 bits per heavy atom. The van der Waals surface area contributed by atoms with E-state index in [-0.39, 0.29) is 5.41 Å². The van der Waals surface area contributed by atoms with Gasteiger partial charge >= 0.3 is 0 Å². The van der Waals surface area contributed by atoms with E-state index in [2.05, 4.69) is 48.5 Å². The molecule has 1 heterocycles. The van der Waals surface area contributed by atoms with E-state index < -0.39 is 5.79 Å². The van der Waals surface area contributed by atoms with E-state index in [1.165, 1.54) is 88.2 Å². The van der Waals surface area contributed by atoms with Crippen LogP contribution in [0.3, 0.4) is 0 Å². The van der Waals surface area contributed by atoms with Gasteiger partial charge in [-0.3, -0.25) is 0 Å². The average Bonchev–Trinajstić information content (AvgIpc) is 3.47. The van der Waals surface area contributed by atoms with Crippen LogP contribution < -0.4 is 0 Å². The van der Waals surface area contributed by atoms with E-state index >= 15 is 0 Å². The van der Waals surface area contributed by atoms with E-state index in [0.29, 0.717) is 5.92 Å². The zero-order valence-electron chi connectivity index (χ0n) is 21.8. The molecule has 1 saturated heterocycles. The van der Waals surface area contributed by atoms with Gasteiger partial charge in [-0.05, 0) is 79.0 Å². The molecular weight excluding hydrogens is 428 g/mol. The van der Waals surface area contributed by atoms with Crippen LogP contribution in [0.1, 0.15) is 130 Å². The zero-order chi connectivity index (χ0) is 23.7. The quantitative estimate of drug-likeness (QED) is 0.418. The van der Waals surface area contributed by atoms with Crippen LogP contribution >= 0.6 is 0 Å². The van der Waals surface area contributed by atoms with E-state index in [4.69, 9.17) is 9.47 Å². The van der Waals surface area contributed by atoms with Crippen molar-refractivity contribution in [3.8, 4) is 0 Å². The lowest BCUT2D eigenvalue weighted by atomic mass is 9.64. The fourth-order valence-corrected chi connectivity index (χ4v) is 8.50. The number of fused-ring (bicyclic) bond motifs is 1. The largest absolute Gasteiger partial charge is 0.353 e. The molecule has 4 aliphatic rings. The van der Waals surface area contributed by atoms with E-state index in [1.54, 1.807) is 11.1 Å². The van der Waals surface area contributed by atoms with Gasteiger partial charge in [-0.25, -0.2) is 0 Å². The molecule has 2 atom stereocenters. The molecule has 2 heteroatoms. The summed E-state index contributed by atoms with van der Waals surface area (Å²) >= 11 is 0. The van der Waals surface area contributed by atoms with Gasteiger partial charge in [-0.1, -0.05) is 87.1 Å². The molecule has 0 aromatic heterocycles. The molecule has 2 aromatic carbocycles. The third kappa shape index (κ3) is 4.19. The standard InChI is InChI=1S/C33H44O2/c1-34-33-22-8-21-32(33,23-24-35-33)31(29-17-13-27(14-18-29)25-9-4-2-5-10-25)30-19-15-28(16-20-30)26-11-6-3-7-12-26/h13-20,25-26,31H,2-12,21-24H2,1H3. The Balaban J connectivity index is 1.37. The maximum Gasteiger partial charge on any atom is 0.174 e. The predicted molar refractivity (Wildman–Crippen MR) is 143 cm³/mol. The first-order chi connectivity index (χ1) is 17.2. The molecule has 6 rings (SSSR count). The van der Waals surface area contributed by atoms with Gasteiger partial charge in [0.15, 0.2) is 5.79 Å². The molecule has 0 radical (unpaired) electrons. The second-order valence-corrected chi connectivity index (χ2v) is 12.0. The number of ether oxygens (including phenoxy) is 2. The summed E-state index contributed by atoms with van der Waals surface area (Å²) in [6.07, 6.45) is 18.3. The smallest absolute Gasteiger partial charge is 0.174 e. The first-order valence-corrected chi connectivity index (χ1v) is 14.6. The lowest BCUT2D eigenvalue weighted by Gasteiger charge is -2.44. The number of benzene rings is 2. The minimum atomic E-state index is -0.443. The van der Waals surface area contributed by atoms with Crippen LogP contribution in [0.5, 0.6) is 0 Å². The topological polar surface area (TPSA) is 18.5 Å². The molecular formula is C33H44O2. The summed E-state index contributed by atoms with van der Waals surface area (Å²) in [5, 5.41) is 0. The molecule has 4 fully saturated rings. The van der Waals surface area contributed by atoms with Crippen LogP contribution in [0, 0.1) is 5.41 Å². The molecule has 3 saturated carbocycles. The van der Waals surface area contributed by atoms with Gasteiger partial charge in [0.25, 0.3) is 0 Å². The summed E-state index contributed by atoms with van der Waals surface area (Å²) in [6.45, 7) is 0.810. The predicted octanol–water partition coefficient (Wildman–Crippen LogP) is 8.85. The Kier molecular flexibility index (Phi) is 6.80. The van der Waals surface area contributed by atoms with Crippen molar-refractivity contribution in [1.29, 1.82) is 0 Å². The van der Waals surface area contributed by atoms with Gasteiger partial charge in [0.05, 0.1) is 6.61 Å². The van der Waals surface area contributed by atoms with Crippen molar-refractivity contribution in [3.63, 3.8) is 0 Å². The monoisotopic (exact) mass is 472 g/mol. The number of hydrogen-bond acceptors (Lipinski definition) is 2. The molecule has 35 heavy (non-hydrogen) atoms. The Morgan fingerprint density at radius 1 is 0.657 bits per heavy atom. The van der Waals surface area contributed by atoms with Crippen molar-refractivity contribution >= 4 is 0 Å². The van der Waals surface area contributed by atoms with Gasteiger partial charge in [-0.15, -0.1) is 0 Å². The van der Waals surface area contributed by atoms with Gasteiger partial charge in [0.1, 0.15) is 0 Å². The Morgan fingerprint density at radius 3 is 1.66 bits per heavy atom. The van der Waals surface area contributed by atoms with Crippen molar-refractivity contribution in [3.05, 3.63) is 70.8 Å². The number of methoxy groups -OCH3 is 1. The average molecular weight is 473 g/mol. The third-order valence-electron chi connectivity index (χ3n) is 10.3. The molecule has 2 nitrogen and oxygen atoms in total. The van der Waals surface area contributed by atoms with Crippen LogP contribution in [0.4, 0.5) is 0 Å². The highest BCUT2D eigenvalue weighted by atomic mass is 16.7. The second kappa shape index (κ2) is 10.0. The third-order valence-corrected chi connectivity index (χ3v) is 10.3. The first-order valence-electron chi connectivity index (χ1n) is 14.6. The van der Waals surface area contributed by atoms with E-state index in [0.717, 1.165) is 31.3 Å². The van der Waals surface area contributed by atoms with Crippen LogP contribution in [0.15, 0.2) is 48.5 Å². The van der Waals surface area contributed by atoms with Crippen molar-refractivity contribution in [1.82, 2.24) is 0 Å². The number of hydrogen-bond donors (Lipinski definition) is 0. The summed E-state index contributed by atoms with van der Waals surface area (Å²) in [7, 11) is 1.88. The van der Waals surface area contributed by atoms with Gasteiger partial charge in [0.2, 0.25) is 0 Å². The summed E-state index contributed by atoms with van der Waals surface area (Å²) in [5.74, 6) is 1.38. The lowest BCUT2D eigenvalue weighted by Crippen LogP contribution is -2.46. The minimum absolute atomic E-state index is 0.0143. The second-order valence-electron chi connectivity index (χ2n) is 12.0. The summed E-state index contributed by atoms with van der Waals surface area (Å²) < 4.78 is 12.7. The van der Waals surface area contributed by atoms with Gasteiger partial charge in [0, 0.05) is 24.9 Å². The molecule has 2 unspecified atom stereocenters. The minimum Gasteiger partial charge on any atom is -0.353 e. The van der Waals surface area contributed by atoms with Crippen LogP contribution in [0.2, 0.25) is 0 Å². The summed E-state index contributed by atoms with van der Waals surface area (Å²) in [6, 6.07) is 19.6. The lowest BCUT2D eigenvalue weighted by molar-refractivity contribution is -0.235. The molecule has 0 bridgehead atoms. The highest BCUT2D eigenvalue weighted by Crippen LogP contribution is 2.64. The van der Waals surface area contributed by atoms with Crippen LogP contribution in [-0.2, 0) is 9.47 Å². The summed E-state index contributed by atoms with van der Waals surface area (Å²) in [4.78, 5) is 0. The van der Waals surface area contributed by atoms with E-state index in [9.17, 15) is 0 Å². The van der Waals surface area contributed by atoms with Crippen molar-refractivity contribution in [2.45, 2.75) is 113 Å². The fraction of sp³-hybridized carbons (Fsp3) is 0.636. The molecule has 0 amide bonds. The van der Waals surface area contributed by atoms with Gasteiger partial charge in [-0.2, -0.15) is 0 Å². The van der Waals surface area contributed by atoms with Gasteiger partial charge < -0.3 is 9.47 Å². The van der Waals surface area contributed by atoms with E-state index in [1.807, 2.05) is 7.11 Å². The van der Waals surface area contributed by atoms with Crippen LogP contribution in [0.25, 0.3) is 0 Å². The van der Waals surface area contributed by atoms with Crippen molar-refractivity contribution in [2.75, 3.05) is 13.7 Å². The molecule has 3 aliphatic carbocycles. The Bertz CT molecular complexity index is 892. The zero-order valence-corrected chi connectivity index (χ0v) is 21.8. The van der Waals surface area contributed by atoms with Crippen molar-refractivity contribution < 1.29 is 9.47 Å². The van der Waals surface area contributed by atoms with Crippen molar-refractivity contribution in [2.24, 2.45) is 5.41 Å². The molecule has 1 aliphatic heterocycles. The Hall–Kier alpha value is -1.64. The molecule has 0 N–H and O–H groups in total. The molecule has 188 valence electrons. The summed E-state index contributed by atoms with van der Waals surface area (Å²) in [5.41, 5.74) is 6.00. The Labute approximate surface area is 212 Å². The maximum absolute atomic E-state index is 6.46. The SMILES string of the molecule is COC12CCCC1(C(c1ccc(C3CCCCC3)cc1)c1ccc(C3CCCCC3)cc1)CCO2. The molecule has 0 spiro atoms.